The number of anilines is 1. The summed E-state index contributed by atoms with van der Waals surface area (Å²) in [4.78, 5) is 29.6. The number of para-hydroxylation sites is 1. The maximum absolute atomic E-state index is 13.6. The summed E-state index contributed by atoms with van der Waals surface area (Å²) in [6.45, 7) is 0.750. The van der Waals surface area contributed by atoms with Gasteiger partial charge in [-0.05, 0) is 47.9 Å². The lowest BCUT2D eigenvalue weighted by Crippen LogP contribution is -2.54. The zero-order valence-electron chi connectivity index (χ0n) is 18.5. The Kier molecular flexibility index (Phi) is 5.42. The SMILES string of the molecule is COc1cc2c(cc1OC)[C@@H]1c3ccccc3N(CC(=O)NCc3ccco3)C(=O)N1CC2. The molecule has 8 heteroatoms. The summed E-state index contributed by atoms with van der Waals surface area (Å²) >= 11 is 0. The number of nitrogens with one attached hydrogen (secondary N) is 1. The molecule has 0 saturated heterocycles. The number of urea groups is 1. The molecule has 2 aliphatic heterocycles. The molecule has 0 radical (unpaired) electrons. The molecule has 0 unspecified atom stereocenters. The second-order valence-electron chi connectivity index (χ2n) is 8.04. The maximum atomic E-state index is 13.6. The fraction of sp³-hybridized carbons (Fsp3) is 0.280. The number of methoxy groups -OCH3 is 2. The van der Waals surface area contributed by atoms with Crippen LogP contribution in [0.1, 0.15) is 28.5 Å². The van der Waals surface area contributed by atoms with Gasteiger partial charge in [-0.2, -0.15) is 0 Å². The highest BCUT2D eigenvalue weighted by Crippen LogP contribution is 2.46. The molecule has 3 amide bonds. The highest BCUT2D eigenvalue weighted by molar-refractivity contribution is 6.01. The number of nitrogens with zero attached hydrogens (tertiary/aromatic N) is 2. The average Bonchev–Trinajstić information content (AvgIpc) is 3.37. The highest BCUT2D eigenvalue weighted by Gasteiger charge is 2.42. The highest BCUT2D eigenvalue weighted by atomic mass is 16.5. The Labute approximate surface area is 191 Å². The van der Waals surface area contributed by atoms with Crippen molar-refractivity contribution in [2.45, 2.75) is 19.0 Å². The molecule has 0 saturated carbocycles. The number of hydrogen-bond donors (Lipinski definition) is 1. The largest absolute Gasteiger partial charge is 0.493 e. The number of hydrogen-bond acceptors (Lipinski definition) is 5. The van der Waals surface area contributed by atoms with E-state index < -0.39 is 0 Å². The summed E-state index contributed by atoms with van der Waals surface area (Å²) in [6, 6.07) is 14.8. The minimum absolute atomic E-state index is 0.0709. The molecule has 3 aromatic rings. The summed E-state index contributed by atoms with van der Waals surface area (Å²) in [7, 11) is 3.22. The Morgan fingerprint density at radius 1 is 1.09 bits per heavy atom. The lowest BCUT2D eigenvalue weighted by Gasteiger charge is -2.45. The predicted octanol–water partition coefficient (Wildman–Crippen LogP) is 3.50. The van der Waals surface area contributed by atoms with E-state index in [9.17, 15) is 9.59 Å². The van der Waals surface area contributed by atoms with Crippen molar-refractivity contribution < 1.29 is 23.5 Å². The van der Waals surface area contributed by atoms with Gasteiger partial charge in [-0.15, -0.1) is 0 Å². The Morgan fingerprint density at radius 2 is 1.88 bits per heavy atom. The second-order valence-corrected chi connectivity index (χ2v) is 8.04. The van der Waals surface area contributed by atoms with Crippen LogP contribution in [-0.4, -0.2) is 44.1 Å². The lowest BCUT2D eigenvalue weighted by atomic mass is 9.85. The Balaban J connectivity index is 1.48. The van der Waals surface area contributed by atoms with Crippen molar-refractivity contribution in [3.8, 4) is 11.5 Å². The van der Waals surface area contributed by atoms with E-state index in [1.165, 1.54) is 0 Å². The number of carbonyl (C=O) groups is 2. The molecule has 1 atom stereocenters. The van der Waals surface area contributed by atoms with Crippen LogP contribution in [0.4, 0.5) is 10.5 Å². The number of rotatable bonds is 6. The van der Waals surface area contributed by atoms with Crippen molar-refractivity contribution in [2.75, 3.05) is 32.2 Å². The summed E-state index contributed by atoms with van der Waals surface area (Å²) in [5.41, 5.74) is 3.85. The van der Waals surface area contributed by atoms with Crippen LogP contribution in [-0.2, 0) is 17.8 Å². The third-order valence-corrected chi connectivity index (χ3v) is 6.21. The number of ether oxygens (including phenoxy) is 2. The Hall–Kier alpha value is -3.94. The van der Waals surface area contributed by atoms with Crippen molar-refractivity contribution in [1.82, 2.24) is 10.2 Å². The van der Waals surface area contributed by atoms with Crippen LogP contribution in [0.25, 0.3) is 0 Å². The van der Waals surface area contributed by atoms with E-state index >= 15 is 0 Å². The fourth-order valence-corrected chi connectivity index (χ4v) is 4.66. The molecule has 8 nitrogen and oxygen atoms in total. The summed E-state index contributed by atoms with van der Waals surface area (Å²) < 4.78 is 16.3. The number of amides is 3. The van der Waals surface area contributed by atoms with E-state index in [2.05, 4.69) is 5.32 Å². The van der Waals surface area contributed by atoms with Crippen molar-refractivity contribution >= 4 is 17.6 Å². The van der Waals surface area contributed by atoms with Gasteiger partial charge in [0.25, 0.3) is 0 Å². The molecule has 33 heavy (non-hydrogen) atoms. The van der Waals surface area contributed by atoms with Crippen LogP contribution in [0.15, 0.2) is 59.2 Å². The first-order valence-electron chi connectivity index (χ1n) is 10.8. The minimum Gasteiger partial charge on any atom is -0.493 e. The molecule has 5 rings (SSSR count). The van der Waals surface area contributed by atoms with Gasteiger partial charge in [0.2, 0.25) is 5.91 Å². The number of carbonyl (C=O) groups excluding carboxylic acids is 2. The molecular weight excluding hydrogens is 422 g/mol. The van der Waals surface area contributed by atoms with Crippen molar-refractivity contribution in [2.24, 2.45) is 0 Å². The maximum Gasteiger partial charge on any atom is 0.325 e. The molecule has 2 aromatic carbocycles. The molecule has 1 aromatic heterocycles. The van der Waals surface area contributed by atoms with Crippen molar-refractivity contribution in [3.63, 3.8) is 0 Å². The molecule has 2 aliphatic rings. The monoisotopic (exact) mass is 447 g/mol. The predicted molar refractivity (Wildman–Crippen MR) is 122 cm³/mol. The topological polar surface area (TPSA) is 84.2 Å². The molecule has 3 heterocycles. The molecule has 0 aliphatic carbocycles. The Morgan fingerprint density at radius 3 is 2.64 bits per heavy atom. The molecule has 0 fully saturated rings. The summed E-state index contributed by atoms with van der Waals surface area (Å²) in [5, 5.41) is 2.82. The molecule has 170 valence electrons. The van der Waals surface area contributed by atoms with Crippen LogP contribution >= 0.6 is 0 Å². The van der Waals surface area contributed by atoms with Gasteiger partial charge in [-0.3, -0.25) is 9.69 Å². The third kappa shape index (κ3) is 3.67. The quantitative estimate of drug-likeness (QED) is 0.625. The van der Waals surface area contributed by atoms with E-state index in [0.29, 0.717) is 30.2 Å². The summed E-state index contributed by atoms with van der Waals surface area (Å²) in [6.07, 6.45) is 2.25. The Bertz CT molecular complexity index is 1190. The van der Waals surface area contributed by atoms with Crippen LogP contribution < -0.4 is 19.7 Å². The first kappa shape index (κ1) is 20.9. The van der Waals surface area contributed by atoms with Crippen molar-refractivity contribution in [3.05, 3.63) is 77.2 Å². The van der Waals surface area contributed by atoms with Gasteiger partial charge in [0, 0.05) is 12.1 Å². The van der Waals surface area contributed by atoms with Gasteiger partial charge < -0.3 is 24.1 Å². The van der Waals surface area contributed by atoms with Crippen molar-refractivity contribution in [1.29, 1.82) is 0 Å². The van der Waals surface area contributed by atoms with E-state index in [0.717, 1.165) is 22.4 Å². The van der Waals surface area contributed by atoms with Crippen LogP contribution in [0, 0.1) is 0 Å². The van der Waals surface area contributed by atoms with Crippen LogP contribution in [0.3, 0.4) is 0 Å². The average molecular weight is 447 g/mol. The first-order chi connectivity index (χ1) is 16.1. The number of benzene rings is 2. The molecule has 1 N–H and O–H groups in total. The molecule has 0 spiro atoms. The van der Waals surface area contributed by atoms with E-state index in [-0.39, 0.29) is 31.1 Å². The smallest absolute Gasteiger partial charge is 0.325 e. The number of furan rings is 1. The minimum atomic E-state index is -0.253. The van der Waals surface area contributed by atoms with E-state index in [4.69, 9.17) is 13.9 Å². The normalized spacial score (nSPS) is 16.5. The third-order valence-electron chi connectivity index (χ3n) is 6.21. The zero-order chi connectivity index (χ0) is 22.9. The fourth-order valence-electron chi connectivity index (χ4n) is 4.66. The van der Waals surface area contributed by atoms with Gasteiger partial charge >= 0.3 is 6.03 Å². The van der Waals surface area contributed by atoms with Gasteiger partial charge in [0.1, 0.15) is 12.3 Å². The molecular formula is C25H25N3O5. The van der Waals surface area contributed by atoms with E-state index in [1.807, 2.05) is 41.3 Å². The van der Waals surface area contributed by atoms with Gasteiger partial charge in [0.15, 0.2) is 11.5 Å². The van der Waals surface area contributed by atoms with Gasteiger partial charge in [-0.25, -0.2) is 4.79 Å². The molecule has 0 bridgehead atoms. The zero-order valence-corrected chi connectivity index (χ0v) is 18.5. The van der Waals surface area contributed by atoms with Gasteiger partial charge in [0.05, 0.1) is 38.8 Å². The van der Waals surface area contributed by atoms with Crippen LogP contribution in [0.5, 0.6) is 11.5 Å². The lowest BCUT2D eigenvalue weighted by molar-refractivity contribution is -0.120. The first-order valence-corrected chi connectivity index (χ1v) is 10.8. The standard InChI is InChI=1S/C25H25N3O5/c1-31-21-12-16-9-10-27-24(19(16)13-22(21)32-2)18-7-3-4-8-20(18)28(25(27)30)15-23(29)26-14-17-6-5-11-33-17/h3-8,11-13,24H,9-10,14-15H2,1-2H3,(H,26,29)/t24-/m0/s1. The van der Waals surface area contributed by atoms with Gasteiger partial charge in [-0.1, -0.05) is 18.2 Å². The van der Waals surface area contributed by atoms with Crippen LogP contribution in [0.2, 0.25) is 0 Å². The summed E-state index contributed by atoms with van der Waals surface area (Å²) in [5.74, 6) is 1.71. The second kappa shape index (κ2) is 8.54. The van der Waals surface area contributed by atoms with E-state index in [1.54, 1.807) is 37.5 Å². The number of fused-ring (bicyclic) bond motifs is 5.